The maximum atomic E-state index is 5.97. The van der Waals surface area contributed by atoms with E-state index in [1.807, 2.05) is 30.9 Å². The van der Waals surface area contributed by atoms with Gasteiger partial charge < -0.3 is 14.6 Å². The molecule has 0 radical (unpaired) electrons. The minimum atomic E-state index is -0.114. The number of aryl methyl sites for hydroxylation is 2. The van der Waals surface area contributed by atoms with Crippen LogP contribution in [0.3, 0.4) is 0 Å². The largest absolute Gasteiger partial charge is 0.372 e. The van der Waals surface area contributed by atoms with Crippen molar-refractivity contribution >= 4 is 0 Å². The monoisotopic (exact) mass is 317 g/mol. The van der Waals surface area contributed by atoms with E-state index < -0.39 is 0 Å². The molecular formula is C16H23N5O2. The van der Waals surface area contributed by atoms with E-state index >= 15 is 0 Å². The Labute approximate surface area is 135 Å². The van der Waals surface area contributed by atoms with Crippen molar-refractivity contribution in [1.82, 2.24) is 25.2 Å². The van der Waals surface area contributed by atoms with E-state index in [0.29, 0.717) is 11.8 Å². The summed E-state index contributed by atoms with van der Waals surface area (Å²) in [7, 11) is 1.97. The van der Waals surface area contributed by atoms with Gasteiger partial charge in [0.05, 0.1) is 11.2 Å². The molecule has 1 aliphatic carbocycles. The number of hydrogen-bond donors (Lipinski definition) is 1. The normalized spacial score (nSPS) is 26.3. The lowest BCUT2D eigenvalue weighted by Gasteiger charge is -2.41. The first kappa shape index (κ1) is 14.8. The van der Waals surface area contributed by atoms with Crippen LogP contribution in [0, 0.1) is 12.8 Å². The standard InChI is InChI=1S/C16H23N5O2/c1-11-19-15(20-23-11)16(6-3-7-16)17-10-12-5-9-22-14(12)13-4-8-18-21(13)2/h4,8,12,14,17H,3,5-7,9-10H2,1-2H3/t12-,14+/m0/s1. The molecule has 0 amide bonds. The van der Waals surface area contributed by atoms with E-state index in [1.165, 1.54) is 6.42 Å². The lowest BCUT2D eigenvalue weighted by molar-refractivity contribution is 0.0759. The third-order valence-corrected chi connectivity index (χ3v) is 5.23. The van der Waals surface area contributed by atoms with Crippen LogP contribution >= 0.6 is 0 Å². The Balaban J connectivity index is 1.46. The van der Waals surface area contributed by atoms with Crippen LogP contribution in [-0.4, -0.2) is 33.1 Å². The molecule has 2 aliphatic rings. The molecule has 0 bridgehead atoms. The molecule has 4 rings (SSSR count). The second-order valence-corrected chi connectivity index (χ2v) is 6.67. The van der Waals surface area contributed by atoms with Crippen LogP contribution in [-0.2, 0) is 17.3 Å². The van der Waals surface area contributed by atoms with Crippen LogP contribution in [0.25, 0.3) is 0 Å². The molecule has 0 spiro atoms. The van der Waals surface area contributed by atoms with Gasteiger partial charge >= 0.3 is 0 Å². The fourth-order valence-electron chi connectivity index (χ4n) is 3.66. The molecule has 1 saturated carbocycles. The quantitative estimate of drug-likeness (QED) is 0.907. The van der Waals surface area contributed by atoms with E-state index in [1.54, 1.807) is 0 Å². The summed E-state index contributed by atoms with van der Waals surface area (Å²) in [6.07, 6.45) is 6.33. The van der Waals surface area contributed by atoms with Crippen molar-refractivity contribution in [3.63, 3.8) is 0 Å². The molecule has 124 valence electrons. The first-order chi connectivity index (χ1) is 11.2. The fourth-order valence-corrected chi connectivity index (χ4v) is 3.66. The molecule has 7 nitrogen and oxygen atoms in total. The number of ether oxygens (including phenoxy) is 1. The molecule has 1 N–H and O–H groups in total. The first-order valence-corrected chi connectivity index (χ1v) is 8.33. The Morgan fingerprint density at radius 3 is 2.91 bits per heavy atom. The van der Waals surface area contributed by atoms with Gasteiger partial charge in [0, 0.05) is 39.2 Å². The lowest BCUT2D eigenvalue weighted by atomic mass is 9.75. The minimum absolute atomic E-state index is 0.110. The van der Waals surface area contributed by atoms with Gasteiger partial charge in [-0.05, 0) is 31.7 Å². The van der Waals surface area contributed by atoms with Crippen molar-refractivity contribution in [3.05, 3.63) is 29.7 Å². The van der Waals surface area contributed by atoms with Gasteiger partial charge in [0.15, 0.2) is 5.82 Å². The van der Waals surface area contributed by atoms with Crippen LogP contribution in [0.5, 0.6) is 0 Å². The third kappa shape index (κ3) is 2.57. The number of nitrogens with zero attached hydrogens (tertiary/aromatic N) is 4. The second-order valence-electron chi connectivity index (χ2n) is 6.67. The molecular weight excluding hydrogens is 294 g/mol. The Bertz CT molecular complexity index is 676. The lowest BCUT2D eigenvalue weighted by Crippen LogP contribution is -2.50. The summed E-state index contributed by atoms with van der Waals surface area (Å²) in [6.45, 7) is 3.53. The van der Waals surface area contributed by atoms with Gasteiger partial charge in [-0.25, -0.2) is 0 Å². The SMILES string of the molecule is Cc1nc(C2(NC[C@@H]3CCO[C@H]3c3ccnn3C)CCC2)no1. The van der Waals surface area contributed by atoms with Crippen LogP contribution < -0.4 is 5.32 Å². The highest BCUT2D eigenvalue weighted by Gasteiger charge is 2.44. The molecule has 0 aromatic carbocycles. The third-order valence-electron chi connectivity index (χ3n) is 5.23. The molecule has 1 saturated heterocycles. The van der Waals surface area contributed by atoms with Gasteiger partial charge in [-0.15, -0.1) is 0 Å². The molecule has 3 heterocycles. The zero-order valence-electron chi connectivity index (χ0n) is 13.7. The van der Waals surface area contributed by atoms with Crippen molar-refractivity contribution in [2.75, 3.05) is 13.2 Å². The maximum absolute atomic E-state index is 5.97. The molecule has 2 atom stereocenters. The summed E-state index contributed by atoms with van der Waals surface area (Å²) in [4.78, 5) is 4.45. The van der Waals surface area contributed by atoms with Crippen LogP contribution in [0.15, 0.2) is 16.8 Å². The van der Waals surface area contributed by atoms with E-state index in [0.717, 1.165) is 43.9 Å². The zero-order chi connectivity index (χ0) is 15.9. The zero-order valence-corrected chi connectivity index (χ0v) is 13.7. The Hall–Kier alpha value is -1.73. The molecule has 2 aromatic heterocycles. The molecule has 1 aliphatic heterocycles. The second kappa shape index (κ2) is 5.72. The van der Waals surface area contributed by atoms with Gasteiger partial charge in [0.2, 0.25) is 5.89 Å². The van der Waals surface area contributed by atoms with Crippen molar-refractivity contribution in [1.29, 1.82) is 0 Å². The van der Waals surface area contributed by atoms with Gasteiger partial charge in [-0.1, -0.05) is 5.16 Å². The molecule has 7 heteroatoms. The molecule has 2 aromatic rings. The summed E-state index contributed by atoms with van der Waals surface area (Å²) in [5.41, 5.74) is 1.03. The Kier molecular flexibility index (Phi) is 3.69. The van der Waals surface area contributed by atoms with Gasteiger partial charge in [0.1, 0.15) is 6.10 Å². The summed E-state index contributed by atoms with van der Waals surface area (Å²) in [5.74, 6) is 1.87. The topological polar surface area (TPSA) is 78.0 Å². The Morgan fingerprint density at radius 1 is 1.43 bits per heavy atom. The van der Waals surface area contributed by atoms with Crippen molar-refractivity contribution < 1.29 is 9.26 Å². The van der Waals surface area contributed by atoms with Gasteiger partial charge in [-0.2, -0.15) is 10.1 Å². The van der Waals surface area contributed by atoms with E-state index in [9.17, 15) is 0 Å². The van der Waals surface area contributed by atoms with Crippen molar-refractivity contribution in [2.45, 2.75) is 44.2 Å². The van der Waals surface area contributed by atoms with Crippen LogP contribution in [0.2, 0.25) is 0 Å². The summed E-state index contributed by atoms with van der Waals surface area (Å²) < 4.78 is 13.1. The molecule has 0 unspecified atom stereocenters. The summed E-state index contributed by atoms with van der Waals surface area (Å²) in [5, 5.41) is 12.1. The van der Waals surface area contributed by atoms with Gasteiger partial charge in [-0.3, -0.25) is 4.68 Å². The molecule has 2 fully saturated rings. The van der Waals surface area contributed by atoms with E-state index in [2.05, 4.69) is 20.6 Å². The smallest absolute Gasteiger partial charge is 0.223 e. The number of nitrogens with one attached hydrogen (secondary N) is 1. The Morgan fingerprint density at radius 2 is 2.30 bits per heavy atom. The average molecular weight is 317 g/mol. The maximum Gasteiger partial charge on any atom is 0.223 e. The first-order valence-electron chi connectivity index (χ1n) is 8.33. The van der Waals surface area contributed by atoms with E-state index in [-0.39, 0.29) is 11.6 Å². The predicted octanol–water partition coefficient (Wildman–Crippen LogP) is 1.86. The predicted molar refractivity (Wildman–Crippen MR) is 82.6 cm³/mol. The van der Waals surface area contributed by atoms with Crippen LogP contribution in [0.4, 0.5) is 0 Å². The van der Waals surface area contributed by atoms with Crippen molar-refractivity contribution in [3.8, 4) is 0 Å². The number of hydrogen-bond acceptors (Lipinski definition) is 6. The number of rotatable bonds is 5. The highest BCUT2D eigenvalue weighted by atomic mass is 16.5. The fraction of sp³-hybridized carbons (Fsp3) is 0.688. The summed E-state index contributed by atoms with van der Waals surface area (Å²) >= 11 is 0. The summed E-state index contributed by atoms with van der Waals surface area (Å²) in [6, 6.07) is 2.05. The van der Waals surface area contributed by atoms with Crippen LogP contribution in [0.1, 0.15) is 49.2 Å². The molecule has 23 heavy (non-hydrogen) atoms. The van der Waals surface area contributed by atoms with E-state index in [4.69, 9.17) is 9.26 Å². The van der Waals surface area contributed by atoms with Crippen molar-refractivity contribution in [2.24, 2.45) is 13.0 Å². The minimum Gasteiger partial charge on any atom is -0.372 e. The highest BCUT2D eigenvalue weighted by molar-refractivity contribution is 5.12. The number of aromatic nitrogens is 4. The average Bonchev–Trinajstić information content (AvgIpc) is 3.19. The van der Waals surface area contributed by atoms with Gasteiger partial charge in [0.25, 0.3) is 0 Å². The highest BCUT2D eigenvalue weighted by Crippen LogP contribution is 2.41.